The van der Waals surface area contributed by atoms with E-state index in [2.05, 4.69) is 10.4 Å². The number of nitrogens with zero attached hydrogens (tertiary/aromatic N) is 3. The monoisotopic (exact) mass is 326 g/mol. The Hall–Kier alpha value is -3.22. The van der Waals surface area contributed by atoms with E-state index < -0.39 is 10.7 Å². The third-order valence-corrected chi connectivity index (χ3v) is 3.69. The number of hydrogen-bond acceptors (Lipinski definition) is 4. The van der Waals surface area contributed by atoms with Crippen LogP contribution in [0.4, 0.5) is 15.8 Å². The molecule has 1 heterocycles. The molecule has 1 atom stereocenters. The molecule has 1 aromatic heterocycles. The van der Waals surface area contributed by atoms with Crippen molar-refractivity contribution in [2.45, 2.75) is 13.0 Å². The molecule has 0 saturated carbocycles. The van der Waals surface area contributed by atoms with Gasteiger partial charge in [0, 0.05) is 18.5 Å². The minimum Gasteiger partial charge on any atom is -0.376 e. The highest BCUT2D eigenvalue weighted by Crippen LogP contribution is 2.27. The van der Waals surface area contributed by atoms with E-state index in [9.17, 15) is 14.5 Å². The standard InChI is InChI=1S/C17H15FN4O2/c1-12(20-16-8-7-13(22(23)24)11-15(16)18)14-5-2-3-6-17(14)21-10-4-9-19-21/h2-12,20H,1H3. The fourth-order valence-electron chi connectivity index (χ4n) is 2.52. The van der Waals surface area contributed by atoms with E-state index in [1.54, 1.807) is 10.9 Å². The van der Waals surface area contributed by atoms with Crippen LogP contribution in [-0.2, 0) is 0 Å². The maximum absolute atomic E-state index is 14.1. The van der Waals surface area contributed by atoms with Crippen LogP contribution in [0.3, 0.4) is 0 Å². The van der Waals surface area contributed by atoms with Crippen molar-refractivity contribution in [3.8, 4) is 5.69 Å². The lowest BCUT2D eigenvalue weighted by atomic mass is 10.1. The number of anilines is 1. The van der Waals surface area contributed by atoms with Gasteiger partial charge in [0.25, 0.3) is 5.69 Å². The molecule has 0 bridgehead atoms. The molecule has 1 unspecified atom stereocenters. The summed E-state index contributed by atoms with van der Waals surface area (Å²) in [6, 6.07) is 12.8. The van der Waals surface area contributed by atoms with Crippen LogP contribution in [0.5, 0.6) is 0 Å². The highest BCUT2D eigenvalue weighted by Gasteiger charge is 2.15. The molecule has 0 saturated heterocycles. The van der Waals surface area contributed by atoms with Crippen LogP contribution in [0.15, 0.2) is 60.9 Å². The normalized spacial score (nSPS) is 11.9. The van der Waals surface area contributed by atoms with Crippen molar-refractivity contribution in [3.05, 3.63) is 82.4 Å². The van der Waals surface area contributed by atoms with Crippen LogP contribution in [0.2, 0.25) is 0 Å². The first-order valence-electron chi connectivity index (χ1n) is 7.35. The predicted octanol–water partition coefficient (Wildman–Crippen LogP) is 4.09. The Bertz CT molecular complexity index is 865. The van der Waals surface area contributed by atoms with Crippen LogP contribution < -0.4 is 5.32 Å². The maximum atomic E-state index is 14.1. The molecule has 0 spiro atoms. The van der Waals surface area contributed by atoms with Crippen LogP contribution >= 0.6 is 0 Å². The number of aromatic nitrogens is 2. The van der Waals surface area contributed by atoms with Gasteiger partial charge in [0.1, 0.15) is 0 Å². The maximum Gasteiger partial charge on any atom is 0.272 e. The molecule has 2 aromatic carbocycles. The fourth-order valence-corrected chi connectivity index (χ4v) is 2.52. The summed E-state index contributed by atoms with van der Waals surface area (Å²) in [5.74, 6) is -0.660. The van der Waals surface area contributed by atoms with Crippen LogP contribution in [0, 0.1) is 15.9 Å². The van der Waals surface area contributed by atoms with Gasteiger partial charge < -0.3 is 5.32 Å². The molecule has 0 aliphatic heterocycles. The number of rotatable bonds is 5. The molecule has 3 rings (SSSR count). The summed E-state index contributed by atoms with van der Waals surface area (Å²) in [4.78, 5) is 10.1. The molecule has 122 valence electrons. The number of nitro benzene ring substituents is 1. The minimum atomic E-state index is -0.660. The van der Waals surface area contributed by atoms with Crippen LogP contribution in [-0.4, -0.2) is 14.7 Å². The van der Waals surface area contributed by atoms with Crippen molar-refractivity contribution in [1.82, 2.24) is 9.78 Å². The van der Waals surface area contributed by atoms with Gasteiger partial charge in [-0.1, -0.05) is 18.2 Å². The van der Waals surface area contributed by atoms with Gasteiger partial charge in [-0.25, -0.2) is 9.07 Å². The third-order valence-electron chi connectivity index (χ3n) is 3.69. The molecule has 3 aromatic rings. The van der Waals surface area contributed by atoms with Gasteiger partial charge >= 0.3 is 0 Å². The second-order valence-corrected chi connectivity index (χ2v) is 5.30. The lowest BCUT2D eigenvalue weighted by molar-refractivity contribution is -0.385. The van der Waals surface area contributed by atoms with Gasteiger partial charge in [-0.15, -0.1) is 0 Å². The lowest BCUT2D eigenvalue weighted by Gasteiger charge is -2.19. The average Bonchev–Trinajstić information content (AvgIpc) is 3.11. The number of nitro groups is 1. The lowest BCUT2D eigenvalue weighted by Crippen LogP contribution is -2.11. The number of nitrogens with one attached hydrogen (secondary N) is 1. The van der Waals surface area contributed by atoms with E-state index in [1.807, 2.05) is 43.5 Å². The molecule has 0 amide bonds. The highest BCUT2D eigenvalue weighted by atomic mass is 19.1. The van der Waals surface area contributed by atoms with Gasteiger partial charge in [-0.05, 0) is 30.7 Å². The Morgan fingerprint density at radius 1 is 1.25 bits per heavy atom. The Kier molecular flexibility index (Phi) is 4.24. The first-order chi connectivity index (χ1) is 11.6. The molecule has 0 aliphatic carbocycles. The molecule has 0 aliphatic rings. The predicted molar refractivity (Wildman–Crippen MR) is 88.7 cm³/mol. The molecule has 6 nitrogen and oxygen atoms in total. The zero-order valence-electron chi connectivity index (χ0n) is 12.9. The van der Waals surface area contributed by atoms with Crippen LogP contribution in [0.1, 0.15) is 18.5 Å². The first kappa shape index (κ1) is 15.7. The van der Waals surface area contributed by atoms with Gasteiger partial charge in [0.15, 0.2) is 5.82 Å². The summed E-state index contributed by atoms with van der Waals surface area (Å²) < 4.78 is 15.8. The Balaban J connectivity index is 1.89. The Morgan fingerprint density at radius 2 is 2.04 bits per heavy atom. The van der Waals surface area contributed by atoms with Gasteiger partial charge in [-0.2, -0.15) is 5.10 Å². The van der Waals surface area contributed by atoms with E-state index in [1.165, 1.54) is 12.1 Å². The zero-order valence-corrected chi connectivity index (χ0v) is 12.9. The molecule has 24 heavy (non-hydrogen) atoms. The van der Waals surface area contributed by atoms with E-state index >= 15 is 0 Å². The van der Waals surface area contributed by atoms with Gasteiger partial charge in [0.2, 0.25) is 0 Å². The smallest absolute Gasteiger partial charge is 0.272 e. The van der Waals surface area contributed by atoms with E-state index in [0.29, 0.717) is 0 Å². The molecule has 7 heteroatoms. The largest absolute Gasteiger partial charge is 0.376 e. The van der Waals surface area contributed by atoms with Gasteiger partial charge in [0.05, 0.1) is 28.4 Å². The molecule has 1 N–H and O–H groups in total. The molecular formula is C17H15FN4O2. The molecular weight excluding hydrogens is 311 g/mol. The topological polar surface area (TPSA) is 73.0 Å². The van der Waals surface area contributed by atoms with Crippen molar-refractivity contribution >= 4 is 11.4 Å². The Labute approximate surface area is 137 Å². The zero-order chi connectivity index (χ0) is 17.1. The van der Waals surface area contributed by atoms with E-state index in [4.69, 9.17) is 0 Å². The summed E-state index contributed by atoms with van der Waals surface area (Å²) in [6.45, 7) is 1.89. The third kappa shape index (κ3) is 3.10. The average molecular weight is 326 g/mol. The summed E-state index contributed by atoms with van der Waals surface area (Å²) in [6.07, 6.45) is 3.52. The van der Waals surface area contributed by atoms with E-state index in [0.717, 1.165) is 17.3 Å². The number of halogens is 1. The number of hydrogen-bond donors (Lipinski definition) is 1. The second kappa shape index (κ2) is 6.49. The van der Waals surface area contributed by atoms with Crippen LogP contribution in [0.25, 0.3) is 5.69 Å². The SMILES string of the molecule is CC(Nc1ccc([N+](=O)[O-])cc1F)c1ccccc1-n1cccn1. The minimum absolute atomic E-state index is 0.211. The molecule has 0 fully saturated rings. The first-order valence-corrected chi connectivity index (χ1v) is 7.35. The van der Waals surface area contributed by atoms with Crippen molar-refractivity contribution in [1.29, 1.82) is 0 Å². The summed E-state index contributed by atoms with van der Waals surface area (Å²) in [7, 11) is 0. The van der Waals surface area contributed by atoms with E-state index in [-0.39, 0.29) is 17.4 Å². The number of benzene rings is 2. The van der Waals surface area contributed by atoms with Gasteiger partial charge in [-0.3, -0.25) is 10.1 Å². The molecule has 0 radical (unpaired) electrons. The fraction of sp³-hybridized carbons (Fsp3) is 0.118. The summed E-state index contributed by atoms with van der Waals surface area (Å²) in [5, 5.41) is 18.0. The summed E-state index contributed by atoms with van der Waals surface area (Å²) in [5.41, 5.74) is 1.75. The second-order valence-electron chi connectivity index (χ2n) is 5.30. The van der Waals surface area contributed by atoms with Crippen molar-refractivity contribution in [2.24, 2.45) is 0 Å². The summed E-state index contributed by atoms with van der Waals surface area (Å²) >= 11 is 0. The number of non-ortho nitro benzene ring substituents is 1. The highest BCUT2D eigenvalue weighted by molar-refractivity contribution is 5.53. The van der Waals surface area contributed by atoms with Crippen molar-refractivity contribution < 1.29 is 9.31 Å². The number of para-hydroxylation sites is 1. The quantitative estimate of drug-likeness (QED) is 0.566. The van der Waals surface area contributed by atoms with Crippen molar-refractivity contribution in [3.63, 3.8) is 0 Å². The van der Waals surface area contributed by atoms with Crippen molar-refractivity contribution in [2.75, 3.05) is 5.32 Å². The Morgan fingerprint density at radius 3 is 2.71 bits per heavy atom.